The van der Waals surface area contributed by atoms with Crippen LogP contribution in [0.4, 0.5) is 0 Å². The van der Waals surface area contributed by atoms with Gasteiger partial charge in [-0.15, -0.1) is 0 Å². The van der Waals surface area contributed by atoms with Crippen LogP contribution in [0.2, 0.25) is 0 Å². The maximum absolute atomic E-state index is 11.4. The van der Waals surface area contributed by atoms with Crippen LogP contribution in [0.25, 0.3) is 0 Å². The highest BCUT2D eigenvalue weighted by molar-refractivity contribution is 7.89. The Morgan fingerprint density at radius 2 is 1.93 bits per heavy atom. The molecule has 0 aliphatic rings. The van der Waals surface area contributed by atoms with E-state index in [-0.39, 0.29) is 17.7 Å². The molecule has 7 heteroatoms. The average molecular weight is 238 g/mol. The Bertz CT molecular complexity index is 318. The number of hydrogen-bond donors (Lipinski definition) is 3. The standard InChI is InChI=1S/C8H18N2O4S/c1-8(2,3)5-15(13,14)10-4-6(11)7(9)12/h6,10-11H,4-5H2,1-3H3,(H2,9,12). The zero-order valence-corrected chi connectivity index (χ0v) is 9.97. The minimum absolute atomic E-state index is 0.0779. The topological polar surface area (TPSA) is 109 Å². The summed E-state index contributed by atoms with van der Waals surface area (Å²) < 4.78 is 24.9. The van der Waals surface area contributed by atoms with E-state index in [0.717, 1.165) is 0 Å². The van der Waals surface area contributed by atoms with Crippen LogP contribution < -0.4 is 10.5 Å². The van der Waals surface area contributed by atoms with Gasteiger partial charge >= 0.3 is 0 Å². The highest BCUT2D eigenvalue weighted by Crippen LogP contribution is 2.15. The monoisotopic (exact) mass is 238 g/mol. The molecule has 0 saturated carbocycles. The van der Waals surface area contributed by atoms with Crippen molar-refractivity contribution in [2.45, 2.75) is 26.9 Å². The normalized spacial score (nSPS) is 14.9. The SMILES string of the molecule is CC(C)(C)CS(=O)(=O)NCC(O)C(N)=O. The second-order valence-corrected chi connectivity index (χ2v) is 6.39. The lowest BCUT2D eigenvalue weighted by molar-refractivity contribution is -0.125. The van der Waals surface area contributed by atoms with Crippen LogP contribution >= 0.6 is 0 Å². The molecule has 0 radical (unpaired) electrons. The number of carbonyl (C=O) groups excluding carboxylic acids is 1. The fourth-order valence-corrected chi connectivity index (χ4v) is 2.58. The summed E-state index contributed by atoms with van der Waals surface area (Å²) in [5.41, 5.74) is 4.38. The number of hydrogen-bond acceptors (Lipinski definition) is 4. The van der Waals surface area contributed by atoms with Crippen LogP contribution in [0, 0.1) is 5.41 Å². The molecule has 0 rings (SSSR count). The Morgan fingerprint density at radius 1 is 1.47 bits per heavy atom. The average Bonchev–Trinajstić information content (AvgIpc) is 1.95. The first-order valence-corrected chi connectivity index (χ1v) is 6.13. The number of aliphatic hydroxyl groups is 1. The van der Waals surface area contributed by atoms with Crippen molar-refractivity contribution in [3.63, 3.8) is 0 Å². The van der Waals surface area contributed by atoms with Crippen LogP contribution in [0.3, 0.4) is 0 Å². The second kappa shape index (κ2) is 4.91. The second-order valence-electron chi connectivity index (χ2n) is 4.59. The third-order valence-corrected chi connectivity index (χ3v) is 3.30. The van der Waals surface area contributed by atoms with Gasteiger partial charge in [-0.1, -0.05) is 20.8 Å². The van der Waals surface area contributed by atoms with E-state index in [1.807, 2.05) is 0 Å². The highest BCUT2D eigenvalue weighted by atomic mass is 32.2. The quantitative estimate of drug-likeness (QED) is 0.558. The molecule has 15 heavy (non-hydrogen) atoms. The molecule has 0 aromatic carbocycles. The molecule has 0 aromatic rings. The van der Waals surface area contributed by atoms with Crippen molar-refractivity contribution in [1.29, 1.82) is 0 Å². The molecule has 1 amide bonds. The predicted octanol–water partition coefficient (Wildman–Crippen LogP) is -1.20. The van der Waals surface area contributed by atoms with Crippen LogP contribution in [0.15, 0.2) is 0 Å². The van der Waals surface area contributed by atoms with Gasteiger partial charge in [-0.05, 0) is 5.41 Å². The van der Waals surface area contributed by atoms with Crippen LogP contribution in [-0.2, 0) is 14.8 Å². The smallest absolute Gasteiger partial charge is 0.247 e. The van der Waals surface area contributed by atoms with Gasteiger partial charge in [0.2, 0.25) is 15.9 Å². The first-order valence-electron chi connectivity index (χ1n) is 4.48. The van der Waals surface area contributed by atoms with Crippen molar-refractivity contribution in [3.05, 3.63) is 0 Å². The number of amides is 1. The molecule has 0 aromatic heterocycles. The number of carbonyl (C=O) groups is 1. The largest absolute Gasteiger partial charge is 0.382 e. The van der Waals surface area contributed by atoms with Gasteiger partial charge in [-0.25, -0.2) is 13.1 Å². The predicted molar refractivity (Wildman–Crippen MR) is 56.4 cm³/mol. The van der Waals surface area contributed by atoms with Crippen LogP contribution in [-0.4, -0.2) is 37.8 Å². The summed E-state index contributed by atoms with van der Waals surface area (Å²) in [7, 11) is -3.49. The minimum Gasteiger partial charge on any atom is -0.382 e. The van der Waals surface area contributed by atoms with E-state index >= 15 is 0 Å². The number of nitrogens with one attached hydrogen (secondary N) is 1. The number of primary amides is 1. The fraction of sp³-hybridized carbons (Fsp3) is 0.875. The first-order chi connectivity index (χ1) is 6.53. The van der Waals surface area contributed by atoms with Crippen LogP contribution in [0.1, 0.15) is 20.8 Å². The van der Waals surface area contributed by atoms with Crippen molar-refractivity contribution in [3.8, 4) is 0 Å². The molecule has 0 bridgehead atoms. The lowest BCUT2D eigenvalue weighted by Gasteiger charge is -2.18. The lowest BCUT2D eigenvalue weighted by atomic mass is 10.0. The Morgan fingerprint density at radius 3 is 2.27 bits per heavy atom. The Hall–Kier alpha value is -0.660. The third kappa shape index (κ3) is 7.29. The lowest BCUT2D eigenvalue weighted by Crippen LogP contribution is -2.42. The van der Waals surface area contributed by atoms with Gasteiger partial charge in [0, 0.05) is 6.54 Å². The van der Waals surface area contributed by atoms with Gasteiger partial charge in [0.05, 0.1) is 5.75 Å². The van der Waals surface area contributed by atoms with E-state index in [1.54, 1.807) is 20.8 Å². The van der Waals surface area contributed by atoms with E-state index in [2.05, 4.69) is 4.72 Å². The van der Waals surface area contributed by atoms with E-state index in [0.29, 0.717) is 0 Å². The number of aliphatic hydroxyl groups excluding tert-OH is 1. The molecule has 90 valence electrons. The maximum Gasteiger partial charge on any atom is 0.247 e. The van der Waals surface area contributed by atoms with E-state index in [9.17, 15) is 13.2 Å². The molecule has 0 aliphatic carbocycles. The fourth-order valence-electron chi connectivity index (χ4n) is 0.928. The third-order valence-electron chi connectivity index (χ3n) is 1.45. The molecule has 0 heterocycles. The van der Waals surface area contributed by atoms with E-state index < -0.39 is 22.0 Å². The molecule has 0 fully saturated rings. The number of nitrogens with two attached hydrogens (primary N) is 1. The summed E-state index contributed by atoms with van der Waals surface area (Å²) in [6, 6.07) is 0. The van der Waals surface area contributed by atoms with Crippen molar-refractivity contribution >= 4 is 15.9 Å². The van der Waals surface area contributed by atoms with Crippen molar-refractivity contribution < 1.29 is 18.3 Å². The number of rotatable bonds is 5. The Labute approximate surface area is 89.9 Å². The number of sulfonamides is 1. The van der Waals surface area contributed by atoms with Crippen LogP contribution in [0.5, 0.6) is 0 Å². The first kappa shape index (κ1) is 14.3. The molecule has 0 saturated heterocycles. The minimum atomic E-state index is -3.49. The van der Waals surface area contributed by atoms with E-state index in [1.165, 1.54) is 0 Å². The molecule has 6 nitrogen and oxygen atoms in total. The van der Waals surface area contributed by atoms with Crippen molar-refractivity contribution in [2.75, 3.05) is 12.3 Å². The zero-order valence-electron chi connectivity index (χ0n) is 9.15. The summed E-state index contributed by atoms with van der Waals surface area (Å²) in [4.78, 5) is 10.4. The van der Waals surface area contributed by atoms with Gasteiger partial charge < -0.3 is 10.8 Å². The van der Waals surface area contributed by atoms with Gasteiger partial charge in [-0.2, -0.15) is 0 Å². The maximum atomic E-state index is 11.4. The van der Waals surface area contributed by atoms with E-state index in [4.69, 9.17) is 10.8 Å². The Kier molecular flexibility index (Phi) is 4.69. The summed E-state index contributed by atoms with van der Waals surface area (Å²) in [5, 5.41) is 8.99. The molecular formula is C8H18N2O4S. The molecule has 0 spiro atoms. The molecule has 4 N–H and O–H groups in total. The highest BCUT2D eigenvalue weighted by Gasteiger charge is 2.22. The van der Waals surface area contributed by atoms with Crippen molar-refractivity contribution in [2.24, 2.45) is 11.1 Å². The summed E-state index contributed by atoms with van der Waals surface area (Å²) in [6.45, 7) is 4.94. The van der Waals surface area contributed by atoms with Gasteiger partial charge in [0.15, 0.2) is 0 Å². The molecule has 1 atom stereocenters. The Balaban J connectivity index is 4.24. The summed E-state index contributed by atoms with van der Waals surface area (Å²) in [6.07, 6.45) is -1.49. The van der Waals surface area contributed by atoms with Gasteiger partial charge in [0.1, 0.15) is 6.10 Å². The molecule has 1 unspecified atom stereocenters. The van der Waals surface area contributed by atoms with Gasteiger partial charge in [0.25, 0.3) is 0 Å². The summed E-state index contributed by atoms with van der Waals surface area (Å²) in [5.74, 6) is -1.03. The summed E-state index contributed by atoms with van der Waals surface area (Å²) >= 11 is 0. The molecule has 0 aliphatic heterocycles. The zero-order chi connectivity index (χ0) is 12.3. The van der Waals surface area contributed by atoms with Gasteiger partial charge in [-0.3, -0.25) is 4.79 Å². The van der Waals surface area contributed by atoms with Crippen molar-refractivity contribution in [1.82, 2.24) is 4.72 Å². The molecular weight excluding hydrogens is 220 g/mol.